The third-order valence-corrected chi connectivity index (χ3v) is 2.59. The lowest BCUT2D eigenvalue weighted by Crippen LogP contribution is -1.90. The standard InChI is InChI=1S/C10H11BrO2/c1-3-4-7-5-6-8(12)10(13-2)9(7)11/h3,5-6,12H,1,4H2,2H3. The lowest BCUT2D eigenvalue weighted by atomic mass is 10.1. The van der Waals surface area contributed by atoms with Crippen molar-refractivity contribution in [1.29, 1.82) is 0 Å². The summed E-state index contributed by atoms with van der Waals surface area (Å²) in [5, 5.41) is 9.40. The average molecular weight is 243 g/mol. The highest BCUT2D eigenvalue weighted by Crippen LogP contribution is 2.36. The topological polar surface area (TPSA) is 29.5 Å². The fourth-order valence-corrected chi connectivity index (χ4v) is 1.75. The van der Waals surface area contributed by atoms with E-state index < -0.39 is 0 Å². The maximum absolute atomic E-state index is 9.40. The molecule has 0 saturated carbocycles. The number of halogens is 1. The Morgan fingerprint density at radius 2 is 2.31 bits per heavy atom. The third kappa shape index (κ3) is 2.04. The lowest BCUT2D eigenvalue weighted by molar-refractivity contribution is 0.370. The van der Waals surface area contributed by atoms with Gasteiger partial charge in [-0.25, -0.2) is 0 Å². The van der Waals surface area contributed by atoms with E-state index in [1.165, 1.54) is 7.11 Å². The first kappa shape index (κ1) is 10.1. The summed E-state index contributed by atoms with van der Waals surface area (Å²) < 4.78 is 5.82. The van der Waals surface area contributed by atoms with E-state index in [0.717, 1.165) is 16.5 Å². The van der Waals surface area contributed by atoms with Gasteiger partial charge in [0.15, 0.2) is 11.5 Å². The summed E-state index contributed by atoms with van der Waals surface area (Å²) in [4.78, 5) is 0. The molecule has 0 aliphatic carbocycles. The molecule has 0 radical (unpaired) electrons. The molecule has 0 fully saturated rings. The molecule has 13 heavy (non-hydrogen) atoms. The molecular weight excluding hydrogens is 232 g/mol. The molecule has 1 aromatic carbocycles. The molecule has 2 nitrogen and oxygen atoms in total. The molecule has 0 atom stereocenters. The number of ether oxygens (including phenoxy) is 1. The molecule has 0 bridgehead atoms. The quantitative estimate of drug-likeness (QED) is 0.827. The maximum atomic E-state index is 9.40. The Balaban J connectivity index is 3.18. The summed E-state index contributed by atoms with van der Waals surface area (Å²) >= 11 is 3.36. The number of aromatic hydroxyl groups is 1. The number of phenolic OH excluding ortho intramolecular Hbond substituents is 1. The van der Waals surface area contributed by atoms with Crippen molar-refractivity contribution >= 4 is 15.9 Å². The molecule has 0 aliphatic heterocycles. The summed E-state index contributed by atoms with van der Waals surface area (Å²) in [6, 6.07) is 3.45. The van der Waals surface area contributed by atoms with Crippen LogP contribution in [-0.4, -0.2) is 12.2 Å². The molecule has 0 saturated heterocycles. The molecule has 1 aromatic rings. The van der Waals surface area contributed by atoms with Gasteiger partial charge >= 0.3 is 0 Å². The highest BCUT2D eigenvalue weighted by atomic mass is 79.9. The van der Waals surface area contributed by atoms with Crippen LogP contribution >= 0.6 is 15.9 Å². The molecule has 0 aliphatic rings. The Morgan fingerprint density at radius 3 is 2.85 bits per heavy atom. The Hall–Kier alpha value is -0.960. The van der Waals surface area contributed by atoms with Crippen molar-refractivity contribution in [1.82, 2.24) is 0 Å². The second-order valence-corrected chi connectivity index (χ2v) is 3.38. The third-order valence-electron chi connectivity index (χ3n) is 1.72. The fraction of sp³-hybridized carbons (Fsp3) is 0.200. The van der Waals surface area contributed by atoms with Gasteiger partial charge in [-0.15, -0.1) is 6.58 Å². The summed E-state index contributed by atoms with van der Waals surface area (Å²) in [6.07, 6.45) is 2.55. The van der Waals surface area contributed by atoms with Crippen LogP contribution in [-0.2, 0) is 6.42 Å². The zero-order valence-electron chi connectivity index (χ0n) is 7.38. The van der Waals surface area contributed by atoms with Crippen molar-refractivity contribution in [3.63, 3.8) is 0 Å². The Morgan fingerprint density at radius 1 is 1.62 bits per heavy atom. The molecule has 70 valence electrons. The van der Waals surface area contributed by atoms with Gasteiger partial charge in [0.2, 0.25) is 0 Å². The smallest absolute Gasteiger partial charge is 0.174 e. The molecule has 0 aromatic heterocycles. The predicted octanol–water partition coefficient (Wildman–Crippen LogP) is 2.89. The Kier molecular flexibility index (Phi) is 3.37. The molecule has 0 heterocycles. The monoisotopic (exact) mass is 242 g/mol. The fourth-order valence-electron chi connectivity index (χ4n) is 1.09. The maximum Gasteiger partial charge on any atom is 0.174 e. The van der Waals surface area contributed by atoms with Gasteiger partial charge in [0, 0.05) is 0 Å². The second kappa shape index (κ2) is 4.33. The van der Waals surface area contributed by atoms with Crippen molar-refractivity contribution in [2.75, 3.05) is 7.11 Å². The van der Waals surface area contributed by atoms with Gasteiger partial charge in [-0.2, -0.15) is 0 Å². The minimum atomic E-state index is 0.141. The summed E-state index contributed by atoms with van der Waals surface area (Å²) in [6.45, 7) is 3.65. The van der Waals surface area contributed by atoms with E-state index in [1.54, 1.807) is 12.1 Å². The van der Waals surface area contributed by atoms with Crippen LogP contribution in [0.3, 0.4) is 0 Å². The number of phenols is 1. The van der Waals surface area contributed by atoms with E-state index in [1.807, 2.05) is 6.07 Å². The SMILES string of the molecule is C=CCc1ccc(O)c(OC)c1Br. The van der Waals surface area contributed by atoms with Crippen LogP contribution in [0.4, 0.5) is 0 Å². The van der Waals surface area contributed by atoms with E-state index in [4.69, 9.17) is 4.74 Å². The number of rotatable bonds is 3. The van der Waals surface area contributed by atoms with Crippen LogP contribution in [0.25, 0.3) is 0 Å². The molecule has 0 unspecified atom stereocenters. The molecule has 0 amide bonds. The van der Waals surface area contributed by atoms with Crippen molar-refractivity contribution < 1.29 is 9.84 Å². The average Bonchev–Trinajstić information content (AvgIpc) is 2.11. The highest BCUT2D eigenvalue weighted by Gasteiger charge is 2.09. The minimum Gasteiger partial charge on any atom is -0.504 e. The van der Waals surface area contributed by atoms with Crippen LogP contribution in [0, 0.1) is 0 Å². The zero-order chi connectivity index (χ0) is 9.84. The lowest BCUT2D eigenvalue weighted by Gasteiger charge is -2.08. The van der Waals surface area contributed by atoms with Crippen LogP contribution in [0.1, 0.15) is 5.56 Å². The van der Waals surface area contributed by atoms with E-state index in [9.17, 15) is 5.11 Å². The summed E-state index contributed by atoms with van der Waals surface area (Å²) in [5.41, 5.74) is 1.05. The first-order valence-corrected chi connectivity index (χ1v) is 4.65. The molecule has 3 heteroatoms. The molecule has 0 spiro atoms. The number of methoxy groups -OCH3 is 1. The molecule has 1 rings (SSSR count). The van der Waals surface area contributed by atoms with Gasteiger partial charge in [0.05, 0.1) is 11.6 Å². The van der Waals surface area contributed by atoms with Gasteiger partial charge in [0.25, 0.3) is 0 Å². The van der Waals surface area contributed by atoms with Gasteiger partial charge < -0.3 is 9.84 Å². The first-order chi connectivity index (χ1) is 6.20. The van der Waals surface area contributed by atoms with Crippen LogP contribution < -0.4 is 4.74 Å². The number of hydrogen-bond donors (Lipinski definition) is 1. The van der Waals surface area contributed by atoms with Crippen LogP contribution in [0.5, 0.6) is 11.5 Å². The van der Waals surface area contributed by atoms with Crippen LogP contribution in [0.15, 0.2) is 29.3 Å². The van der Waals surface area contributed by atoms with Gasteiger partial charge in [0.1, 0.15) is 0 Å². The van der Waals surface area contributed by atoms with Crippen molar-refractivity contribution in [2.24, 2.45) is 0 Å². The van der Waals surface area contributed by atoms with E-state index in [2.05, 4.69) is 22.5 Å². The zero-order valence-corrected chi connectivity index (χ0v) is 8.97. The van der Waals surface area contributed by atoms with E-state index >= 15 is 0 Å². The van der Waals surface area contributed by atoms with Gasteiger partial charge in [-0.05, 0) is 34.0 Å². The number of benzene rings is 1. The molecule has 1 N–H and O–H groups in total. The number of hydrogen-bond acceptors (Lipinski definition) is 2. The van der Waals surface area contributed by atoms with E-state index in [-0.39, 0.29) is 5.75 Å². The van der Waals surface area contributed by atoms with Crippen LogP contribution in [0.2, 0.25) is 0 Å². The van der Waals surface area contributed by atoms with Gasteiger partial charge in [-0.1, -0.05) is 12.1 Å². The Labute approximate surface area is 86.0 Å². The van der Waals surface area contributed by atoms with Gasteiger partial charge in [-0.3, -0.25) is 0 Å². The van der Waals surface area contributed by atoms with Crippen molar-refractivity contribution in [2.45, 2.75) is 6.42 Å². The molecular formula is C10H11BrO2. The van der Waals surface area contributed by atoms with Crippen molar-refractivity contribution in [3.05, 3.63) is 34.8 Å². The normalized spacial score (nSPS) is 9.69. The second-order valence-electron chi connectivity index (χ2n) is 2.58. The summed E-state index contributed by atoms with van der Waals surface area (Å²) in [7, 11) is 1.53. The first-order valence-electron chi connectivity index (χ1n) is 3.86. The van der Waals surface area contributed by atoms with E-state index in [0.29, 0.717) is 5.75 Å². The highest BCUT2D eigenvalue weighted by molar-refractivity contribution is 9.10. The summed E-state index contributed by atoms with van der Waals surface area (Å²) in [5.74, 6) is 0.613. The predicted molar refractivity (Wildman–Crippen MR) is 56.3 cm³/mol. The largest absolute Gasteiger partial charge is 0.504 e. The van der Waals surface area contributed by atoms with Crippen molar-refractivity contribution in [3.8, 4) is 11.5 Å². The number of allylic oxidation sites excluding steroid dienone is 1. The minimum absolute atomic E-state index is 0.141. The Bertz CT molecular complexity index is 321.